The molecule has 0 fully saturated rings. The number of aliphatic hydroxyl groups excluding tert-OH is 1. The van der Waals surface area contributed by atoms with E-state index in [1.165, 1.54) is 0 Å². The van der Waals surface area contributed by atoms with Gasteiger partial charge in [0.25, 0.3) is 0 Å². The van der Waals surface area contributed by atoms with Gasteiger partial charge in [0.05, 0.1) is 12.8 Å². The topological polar surface area (TPSA) is 67.7 Å². The van der Waals surface area contributed by atoms with Crippen molar-refractivity contribution >= 4 is 0 Å². The smallest absolute Gasteiger partial charge is 0.220 e. The van der Waals surface area contributed by atoms with Crippen molar-refractivity contribution in [2.24, 2.45) is 0 Å². The summed E-state index contributed by atoms with van der Waals surface area (Å²) in [5, 5.41) is 10.4. The molecule has 6 nitrogen and oxygen atoms in total. The zero-order chi connectivity index (χ0) is 17.8. The Balaban J connectivity index is 1.57. The number of hydrogen-bond donors (Lipinski definition) is 1. The lowest BCUT2D eigenvalue weighted by molar-refractivity contribution is 0.0628. The fourth-order valence-corrected chi connectivity index (χ4v) is 3.10. The predicted octanol–water partition coefficient (Wildman–Crippen LogP) is 1.90. The summed E-state index contributed by atoms with van der Waals surface area (Å²) in [4.78, 5) is 10.7. The van der Waals surface area contributed by atoms with E-state index >= 15 is 0 Å². The molecule has 0 unspecified atom stereocenters. The van der Waals surface area contributed by atoms with Crippen LogP contribution in [0.3, 0.4) is 0 Å². The van der Waals surface area contributed by atoms with Crippen LogP contribution in [0.1, 0.15) is 22.4 Å². The van der Waals surface area contributed by atoms with Crippen molar-refractivity contribution < 1.29 is 14.6 Å². The highest BCUT2D eigenvalue weighted by molar-refractivity contribution is 5.36. The van der Waals surface area contributed by atoms with E-state index in [0.29, 0.717) is 19.0 Å². The molecule has 0 aliphatic carbocycles. The molecular formula is C19H25N3O3. The summed E-state index contributed by atoms with van der Waals surface area (Å²) in [7, 11) is 1.62. The quantitative estimate of drug-likeness (QED) is 0.864. The number of hydrogen-bond acceptors (Lipinski definition) is 6. The second-order valence-electron chi connectivity index (χ2n) is 6.53. The number of benzene rings is 1. The highest BCUT2D eigenvalue weighted by atomic mass is 16.5. The molecule has 1 aromatic heterocycles. The van der Waals surface area contributed by atoms with E-state index in [1.54, 1.807) is 13.4 Å². The first-order valence-corrected chi connectivity index (χ1v) is 8.54. The molecular weight excluding hydrogens is 318 g/mol. The van der Waals surface area contributed by atoms with E-state index in [0.717, 1.165) is 41.1 Å². The van der Waals surface area contributed by atoms with Crippen molar-refractivity contribution in [2.75, 3.05) is 26.8 Å². The van der Waals surface area contributed by atoms with Crippen LogP contribution in [0.2, 0.25) is 0 Å². The van der Waals surface area contributed by atoms with Crippen LogP contribution in [0.15, 0.2) is 24.5 Å². The van der Waals surface area contributed by atoms with E-state index in [9.17, 15) is 5.11 Å². The summed E-state index contributed by atoms with van der Waals surface area (Å²) in [6, 6.07) is 6.09. The molecule has 6 heteroatoms. The molecule has 0 amide bonds. The fraction of sp³-hybridized carbons (Fsp3) is 0.474. The molecule has 0 saturated carbocycles. The zero-order valence-electron chi connectivity index (χ0n) is 15.0. The standard InChI is InChI=1S/C19H25N3O3/c1-13-4-5-14(2)18(8-13)25-11-15(23)9-22-7-6-17-16(10-22)19(24-3)21-12-20-17/h4-5,8,12,15,23H,6-7,9-11H2,1-3H3/t15-/m0/s1. The Morgan fingerprint density at radius 1 is 1.28 bits per heavy atom. The summed E-state index contributed by atoms with van der Waals surface area (Å²) in [5.41, 5.74) is 4.27. The predicted molar refractivity (Wildman–Crippen MR) is 95.0 cm³/mol. The number of ether oxygens (including phenoxy) is 2. The Morgan fingerprint density at radius 2 is 2.12 bits per heavy atom. The molecule has 0 saturated heterocycles. The average Bonchev–Trinajstić information content (AvgIpc) is 2.62. The van der Waals surface area contributed by atoms with Gasteiger partial charge in [-0.3, -0.25) is 4.90 Å². The van der Waals surface area contributed by atoms with Gasteiger partial charge >= 0.3 is 0 Å². The summed E-state index contributed by atoms with van der Waals surface area (Å²) < 4.78 is 11.1. The molecule has 25 heavy (non-hydrogen) atoms. The van der Waals surface area contributed by atoms with Gasteiger partial charge in [-0.15, -0.1) is 0 Å². The van der Waals surface area contributed by atoms with Crippen molar-refractivity contribution in [3.05, 3.63) is 46.9 Å². The van der Waals surface area contributed by atoms with Crippen LogP contribution in [0.4, 0.5) is 0 Å². The Hall–Kier alpha value is -2.18. The molecule has 2 heterocycles. The first-order valence-electron chi connectivity index (χ1n) is 8.54. The van der Waals surface area contributed by atoms with Crippen molar-refractivity contribution in [1.29, 1.82) is 0 Å². The van der Waals surface area contributed by atoms with Gasteiger partial charge < -0.3 is 14.6 Å². The minimum atomic E-state index is -0.558. The molecule has 1 aliphatic rings. The summed E-state index contributed by atoms with van der Waals surface area (Å²) in [6.45, 7) is 6.39. The van der Waals surface area contributed by atoms with Crippen LogP contribution in [-0.2, 0) is 13.0 Å². The Morgan fingerprint density at radius 3 is 2.92 bits per heavy atom. The SMILES string of the molecule is COc1ncnc2c1CN(C[C@H](O)COc1cc(C)ccc1C)CC2. The Bertz CT molecular complexity index is 722. The Labute approximate surface area is 148 Å². The Kier molecular flexibility index (Phi) is 5.50. The minimum Gasteiger partial charge on any atom is -0.491 e. The van der Waals surface area contributed by atoms with E-state index in [-0.39, 0.29) is 6.61 Å². The first kappa shape index (κ1) is 17.6. The molecule has 0 radical (unpaired) electrons. The number of aromatic nitrogens is 2. The van der Waals surface area contributed by atoms with E-state index in [1.807, 2.05) is 26.0 Å². The monoisotopic (exact) mass is 343 g/mol. The third kappa shape index (κ3) is 4.27. The third-order valence-electron chi connectivity index (χ3n) is 4.48. The van der Waals surface area contributed by atoms with Crippen LogP contribution < -0.4 is 9.47 Å². The summed E-state index contributed by atoms with van der Waals surface area (Å²) in [6.07, 6.45) is 1.82. The maximum absolute atomic E-state index is 10.4. The van der Waals surface area contributed by atoms with Gasteiger partial charge in [-0.2, -0.15) is 0 Å². The van der Waals surface area contributed by atoms with Crippen LogP contribution in [-0.4, -0.2) is 52.9 Å². The lowest BCUT2D eigenvalue weighted by Crippen LogP contribution is -2.39. The average molecular weight is 343 g/mol. The van der Waals surface area contributed by atoms with Crippen molar-refractivity contribution in [3.63, 3.8) is 0 Å². The van der Waals surface area contributed by atoms with Crippen molar-refractivity contribution in [1.82, 2.24) is 14.9 Å². The molecule has 2 aromatic rings. The van der Waals surface area contributed by atoms with Gasteiger partial charge in [0.15, 0.2) is 0 Å². The lowest BCUT2D eigenvalue weighted by Gasteiger charge is -2.30. The van der Waals surface area contributed by atoms with Gasteiger partial charge in [-0.25, -0.2) is 9.97 Å². The molecule has 3 rings (SSSR count). The zero-order valence-corrected chi connectivity index (χ0v) is 15.0. The fourth-order valence-electron chi connectivity index (χ4n) is 3.10. The number of methoxy groups -OCH3 is 1. The third-order valence-corrected chi connectivity index (χ3v) is 4.48. The molecule has 1 aliphatic heterocycles. The normalized spacial score (nSPS) is 15.5. The first-order chi connectivity index (χ1) is 12.1. The van der Waals surface area contributed by atoms with Gasteiger partial charge in [0.2, 0.25) is 5.88 Å². The molecule has 1 N–H and O–H groups in total. The molecule has 134 valence electrons. The molecule has 1 atom stereocenters. The number of fused-ring (bicyclic) bond motifs is 1. The number of aliphatic hydroxyl groups is 1. The van der Waals surface area contributed by atoms with Crippen LogP contribution in [0, 0.1) is 13.8 Å². The number of β-amino-alcohol motifs (C(OH)–C–C–N with tert-alkyl or cyclic N) is 1. The van der Waals surface area contributed by atoms with Crippen LogP contribution >= 0.6 is 0 Å². The van der Waals surface area contributed by atoms with E-state index in [2.05, 4.69) is 20.9 Å². The number of aryl methyl sites for hydroxylation is 2. The van der Waals surface area contributed by atoms with E-state index < -0.39 is 6.10 Å². The summed E-state index contributed by atoms with van der Waals surface area (Å²) >= 11 is 0. The van der Waals surface area contributed by atoms with Crippen molar-refractivity contribution in [3.8, 4) is 11.6 Å². The summed E-state index contributed by atoms with van der Waals surface area (Å²) in [5.74, 6) is 1.45. The largest absolute Gasteiger partial charge is 0.491 e. The van der Waals surface area contributed by atoms with E-state index in [4.69, 9.17) is 9.47 Å². The maximum Gasteiger partial charge on any atom is 0.220 e. The minimum absolute atomic E-state index is 0.274. The molecule has 0 spiro atoms. The maximum atomic E-state index is 10.4. The van der Waals surface area contributed by atoms with Gasteiger partial charge in [-0.1, -0.05) is 12.1 Å². The lowest BCUT2D eigenvalue weighted by atomic mass is 10.1. The van der Waals surface area contributed by atoms with Gasteiger partial charge in [-0.05, 0) is 31.0 Å². The highest BCUT2D eigenvalue weighted by Crippen LogP contribution is 2.24. The second-order valence-corrected chi connectivity index (χ2v) is 6.53. The van der Waals surface area contributed by atoms with Crippen molar-refractivity contribution in [2.45, 2.75) is 32.9 Å². The second kappa shape index (κ2) is 7.80. The van der Waals surface area contributed by atoms with Gasteiger partial charge in [0.1, 0.15) is 24.8 Å². The number of nitrogens with zero attached hydrogens (tertiary/aromatic N) is 3. The van der Waals surface area contributed by atoms with Crippen LogP contribution in [0.5, 0.6) is 11.6 Å². The molecule has 0 bridgehead atoms. The van der Waals surface area contributed by atoms with Gasteiger partial charge in [0, 0.05) is 31.6 Å². The number of rotatable bonds is 6. The highest BCUT2D eigenvalue weighted by Gasteiger charge is 2.23. The molecule has 1 aromatic carbocycles. The van der Waals surface area contributed by atoms with Crippen LogP contribution in [0.25, 0.3) is 0 Å².